The number of fused-ring (bicyclic) bond motifs is 5. The Morgan fingerprint density at radius 2 is 1.64 bits per heavy atom. The van der Waals surface area contributed by atoms with Gasteiger partial charge >= 0.3 is 0 Å². The van der Waals surface area contributed by atoms with Crippen LogP contribution in [0.25, 0.3) is 22.5 Å². The molecule has 4 unspecified atom stereocenters. The van der Waals surface area contributed by atoms with E-state index in [9.17, 15) is 0 Å². The molecule has 4 heterocycles. The minimum Gasteiger partial charge on any atom is -0.489 e. The number of ether oxygens (including phenoxy) is 1. The molecule has 1 aromatic heterocycles. The van der Waals surface area contributed by atoms with E-state index in [0.29, 0.717) is 11.8 Å². The first kappa shape index (κ1) is 33.8. The van der Waals surface area contributed by atoms with Gasteiger partial charge in [0.25, 0.3) is 0 Å². The van der Waals surface area contributed by atoms with Crippen LogP contribution in [0.15, 0.2) is 160 Å². The molecule has 0 fully saturated rings. The van der Waals surface area contributed by atoms with Crippen molar-refractivity contribution in [2.45, 2.75) is 83.2 Å². The van der Waals surface area contributed by atoms with E-state index in [1.807, 2.05) is 0 Å². The fourth-order valence-corrected chi connectivity index (χ4v) is 10.4. The standard InChI is InChI=1S/C50H49N5O/c1-5-15-32(16-6-1)36-30-40(50-53-48(33-17-7-2-8-18-33)52-49(54-50)34-19-9-3-10-20-34)47(51-31-36)35-25-27-43-39(29-35)46-44(56-43)28-26-42-45(46)38-23-13-14-24-41(38)55(42)37-21-11-4-12-22-37/h2,5,7-8,11,13-19,21-22,24,26,28-29,36,38,44,46,51H,1,3-4,6,9-10,12,20,23,25,27,30-31H2. The SMILES string of the molecule is C1=CCC2C(=C1)N(C1=CCCC=C1)C1=C2C2C3=C(CCC(C4=C(c5nc(C6=CCCCC6)nc(-c6ccccc6)n5)CC(C5=CCCC=C5)CN4)=C3)OC2C=C1. The first-order valence-corrected chi connectivity index (χ1v) is 21.2. The zero-order valence-electron chi connectivity index (χ0n) is 32.1. The molecule has 3 aliphatic heterocycles. The zero-order chi connectivity index (χ0) is 37.0. The number of nitrogens with one attached hydrogen (secondary N) is 1. The lowest BCUT2D eigenvalue weighted by Gasteiger charge is -2.32. The van der Waals surface area contributed by atoms with E-state index in [0.717, 1.165) is 93.8 Å². The Balaban J connectivity index is 1.03. The summed E-state index contributed by atoms with van der Waals surface area (Å²) in [5.74, 6) is 4.47. The van der Waals surface area contributed by atoms with Gasteiger partial charge in [0.05, 0.1) is 5.92 Å². The van der Waals surface area contributed by atoms with Crippen molar-refractivity contribution in [3.63, 3.8) is 0 Å². The number of rotatable bonds is 6. The van der Waals surface area contributed by atoms with Crippen LogP contribution in [0.3, 0.4) is 0 Å². The average molecular weight is 736 g/mol. The number of hydrogen-bond acceptors (Lipinski definition) is 6. The van der Waals surface area contributed by atoms with Gasteiger partial charge in [0.1, 0.15) is 11.9 Å². The molecule has 6 aliphatic carbocycles. The van der Waals surface area contributed by atoms with Crippen LogP contribution in [0.1, 0.15) is 88.7 Å². The van der Waals surface area contributed by atoms with Crippen LogP contribution in [0.5, 0.6) is 0 Å². The third-order valence-electron chi connectivity index (χ3n) is 13.1. The van der Waals surface area contributed by atoms with Crippen molar-refractivity contribution in [3.8, 4) is 11.4 Å². The second-order valence-corrected chi connectivity index (χ2v) is 16.5. The molecule has 0 saturated carbocycles. The van der Waals surface area contributed by atoms with Gasteiger partial charge in [-0.25, -0.2) is 15.0 Å². The van der Waals surface area contributed by atoms with E-state index in [1.165, 1.54) is 74.8 Å². The van der Waals surface area contributed by atoms with E-state index in [4.69, 9.17) is 19.7 Å². The number of benzene rings is 1. The van der Waals surface area contributed by atoms with E-state index in [1.54, 1.807) is 0 Å². The molecule has 1 aromatic carbocycles. The maximum Gasteiger partial charge on any atom is 0.164 e. The molecule has 0 radical (unpaired) electrons. The monoisotopic (exact) mass is 735 g/mol. The minimum atomic E-state index is 0.0304. The highest BCUT2D eigenvalue weighted by Gasteiger charge is 2.49. The first-order valence-electron chi connectivity index (χ1n) is 21.2. The van der Waals surface area contributed by atoms with Gasteiger partial charge in [0.15, 0.2) is 17.5 Å². The third-order valence-corrected chi connectivity index (χ3v) is 13.1. The van der Waals surface area contributed by atoms with Gasteiger partial charge in [-0.15, -0.1) is 0 Å². The minimum absolute atomic E-state index is 0.0304. The highest BCUT2D eigenvalue weighted by molar-refractivity contribution is 5.74. The van der Waals surface area contributed by atoms with E-state index < -0.39 is 0 Å². The molecule has 0 bridgehead atoms. The van der Waals surface area contributed by atoms with Gasteiger partial charge in [-0.1, -0.05) is 78.9 Å². The molecular weight excluding hydrogens is 687 g/mol. The normalized spacial score (nSPS) is 27.7. The van der Waals surface area contributed by atoms with Gasteiger partial charge in [0, 0.05) is 64.3 Å². The van der Waals surface area contributed by atoms with Crippen molar-refractivity contribution in [1.29, 1.82) is 0 Å². The van der Waals surface area contributed by atoms with Crippen LogP contribution in [0.2, 0.25) is 0 Å². The average Bonchev–Trinajstić information content (AvgIpc) is 3.82. The Labute approximate surface area is 330 Å². The summed E-state index contributed by atoms with van der Waals surface area (Å²) in [6, 6.07) is 10.5. The Kier molecular flexibility index (Phi) is 8.59. The lowest BCUT2D eigenvalue weighted by molar-refractivity contribution is 0.152. The highest BCUT2D eigenvalue weighted by atomic mass is 16.5. The lowest BCUT2D eigenvalue weighted by Crippen LogP contribution is -2.32. The molecular formula is C50H49N5O. The first-order chi connectivity index (χ1) is 27.8. The van der Waals surface area contributed by atoms with Gasteiger partial charge in [0.2, 0.25) is 0 Å². The van der Waals surface area contributed by atoms with Crippen LogP contribution < -0.4 is 5.32 Å². The fourth-order valence-electron chi connectivity index (χ4n) is 10.4. The molecule has 4 atom stereocenters. The zero-order valence-corrected chi connectivity index (χ0v) is 32.1. The Bertz CT molecular complexity index is 2370. The van der Waals surface area contributed by atoms with Crippen LogP contribution in [-0.2, 0) is 4.74 Å². The van der Waals surface area contributed by atoms with E-state index in [-0.39, 0.29) is 12.0 Å². The molecule has 56 heavy (non-hydrogen) atoms. The molecule has 2 aromatic rings. The van der Waals surface area contributed by atoms with Crippen molar-refractivity contribution in [2.75, 3.05) is 6.54 Å². The quantitative estimate of drug-likeness (QED) is 0.319. The summed E-state index contributed by atoms with van der Waals surface area (Å²) in [7, 11) is 0. The van der Waals surface area contributed by atoms with E-state index in [2.05, 4.69) is 120 Å². The molecule has 0 spiro atoms. The lowest BCUT2D eigenvalue weighted by atomic mass is 9.74. The molecule has 1 N–H and O–H groups in total. The summed E-state index contributed by atoms with van der Waals surface area (Å²) in [5.41, 5.74) is 14.4. The Morgan fingerprint density at radius 3 is 2.48 bits per heavy atom. The van der Waals surface area contributed by atoms with E-state index >= 15 is 0 Å². The van der Waals surface area contributed by atoms with Crippen LogP contribution in [-0.4, -0.2) is 32.5 Å². The maximum atomic E-state index is 6.87. The predicted molar refractivity (Wildman–Crippen MR) is 224 cm³/mol. The largest absolute Gasteiger partial charge is 0.489 e. The summed E-state index contributed by atoms with van der Waals surface area (Å²) in [5, 5.41) is 4.03. The van der Waals surface area contributed by atoms with Crippen molar-refractivity contribution in [3.05, 3.63) is 172 Å². The molecule has 6 heteroatoms. The van der Waals surface area contributed by atoms with Crippen LogP contribution in [0, 0.1) is 17.8 Å². The maximum absolute atomic E-state index is 6.87. The third kappa shape index (κ3) is 5.88. The smallest absolute Gasteiger partial charge is 0.164 e. The van der Waals surface area contributed by atoms with Crippen molar-refractivity contribution in [2.24, 2.45) is 17.8 Å². The number of allylic oxidation sites excluding steroid dienone is 17. The van der Waals surface area contributed by atoms with Gasteiger partial charge in [-0.2, -0.15) is 0 Å². The summed E-state index contributed by atoms with van der Waals surface area (Å²) in [4.78, 5) is 18.4. The molecule has 0 amide bonds. The van der Waals surface area contributed by atoms with Crippen LogP contribution in [0.4, 0.5) is 0 Å². The number of hydrogen-bond donors (Lipinski definition) is 1. The Hall–Kier alpha value is -5.49. The summed E-state index contributed by atoms with van der Waals surface area (Å²) < 4.78 is 6.87. The predicted octanol–water partition coefficient (Wildman–Crippen LogP) is 10.9. The molecule has 11 rings (SSSR count). The number of nitrogens with zero attached hydrogens (tertiary/aromatic N) is 4. The van der Waals surface area contributed by atoms with Crippen molar-refractivity contribution in [1.82, 2.24) is 25.2 Å². The van der Waals surface area contributed by atoms with Crippen LogP contribution >= 0.6 is 0 Å². The topological polar surface area (TPSA) is 63.2 Å². The second kappa shape index (κ2) is 14.2. The summed E-state index contributed by atoms with van der Waals surface area (Å²) in [6.45, 7) is 0.896. The van der Waals surface area contributed by atoms with Gasteiger partial charge in [-0.3, -0.25) is 0 Å². The molecule has 6 nitrogen and oxygen atoms in total. The van der Waals surface area contributed by atoms with Gasteiger partial charge in [-0.05, 0) is 123 Å². The summed E-state index contributed by atoms with van der Waals surface area (Å²) >= 11 is 0. The second-order valence-electron chi connectivity index (χ2n) is 16.5. The molecule has 0 saturated heterocycles. The van der Waals surface area contributed by atoms with Gasteiger partial charge < -0.3 is 15.0 Å². The van der Waals surface area contributed by atoms with Crippen molar-refractivity contribution < 1.29 is 4.74 Å². The molecule has 9 aliphatic rings. The Morgan fingerprint density at radius 1 is 0.768 bits per heavy atom. The molecule has 280 valence electrons. The summed E-state index contributed by atoms with van der Waals surface area (Å²) in [6.07, 6.45) is 43.3. The van der Waals surface area contributed by atoms with Crippen molar-refractivity contribution >= 4 is 11.1 Å². The number of aromatic nitrogens is 3. The fraction of sp³-hybridized carbons (Fsp3) is 0.340. The highest BCUT2D eigenvalue weighted by Crippen LogP contribution is 2.56.